The van der Waals surface area contributed by atoms with Gasteiger partial charge in [0, 0.05) is 19.4 Å². The lowest BCUT2D eigenvalue weighted by atomic mass is 10.1. The van der Waals surface area contributed by atoms with Crippen LogP contribution in [-0.2, 0) is 0 Å². The largest absolute Gasteiger partial charge is 0.396 e. The average molecular weight is 224 g/mol. The highest BCUT2D eigenvalue weighted by atomic mass is 16.2. The maximum absolute atomic E-state index is 8.60. The Bertz CT molecular complexity index is 158. The summed E-state index contributed by atoms with van der Waals surface area (Å²) < 4.78 is 0. The molecule has 0 aromatic rings. The molecule has 0 heterocycles. The molecule has 0 radical (unpaired) electrons. The molecule has 94 valence electrons. The Kier molecular flexibility index (Phi) is 14.1. The van der Waals surface area contributed by atoms with Crippen LogP contribution in [0.4, 0.5) is 0 Å². The molecule has 0 saturated heterocycles. The van der Waals surface area contributed by atoms with Gasteiger partial charge in [0.15, 0.2) is 0 Å². The van der Waals surface area contributed by atoms with Crippen LogP contribution in [-0.4, -0.2) is 11.7 Å². The fourth-order valence-electron chi connectivity index (χ4n) is 1.67. The van der Waals surface area contributed by atoms with E-state index in [4.69, 9.17) is 5.11 Å². The Morgan fingerprint density at radius 1 is 0.688 bits per heavy atom. The Hall–Kier alpha value is -0.480. The van der Waals surface area contributed by atoms with E-state index in [-0.39, 0.29) is 0 Å². The van der Waals surface area contributed by atoms with Crippen LogP contribution in [0.2, 0.25) is 0 Å². The van der Waals surface area contributed by atoms with Crippen LogP contribution in [0.25, 0.3) is 0 Å². The smallest absolute Gasteiger partial charge is 0.0431 e. The molecule has 0 aliphatic heterocycles. The molecule has 0 fully saturated rings. The van der Waals surface area contributed by atoms with Crippen LogP contribution < -0.4 is 0 Å². The molecule has 16 heavy (non-hydrogen) atoms. The minimum absolute atomic E-state index is 0.337. The highest BCUT2D eigenvalue weighted by Crippen LogP contribution is 2.04. The number of aliphatic hydroxyl groups is 1. The van der Waals surface area contributed by atoms with Crippen LogP contribution in [0.5, 0.6) is 0 Å². The molecular formula is C15H28O. The number of unbranched alkanes of at least 4 members (excludes halogenated alkanes) is 9. The van der Waals surface area contributed by atoms with Crippen molar-refractivity contribution in [2.75, 3.05) is 6.61 Å². The Morgan fingerprint density at radius 2 is 1.19 bits per heavy atom. The van der Waals surface area contributed by atoms with Gasteiger partial charge in [0.1, 0.15) is 0 Å². The summed E-state index contributed by atoms with van der Waals surface area (Å²) in [5, 5.41) is 8.60. The van der Waals surface area contributed by atoms with Crippen molar-refractivity contribution in [3.8, 4) is 11.8 Å². The van der Waals surface area contributed by atoms with E-state index < -0.39 is 0 Å². The molecule has 0 spiro atoms. The third-order valence-corrected chi connectivity index (χ3v) is 2.74. The zero-order chi connectivity index (χ0) is 11.9. The van der Waals surface area contributed by atoms with E-state index in [1.54, 1.807) is 0 Å². The first kappa shape index (κ1) is 15.5. The molecule has 0 unspecified atom stereocenters. The zero-order valence-corrected chi connectivity index (χ0v) is 10.9. The van der Waals surface area contributed by atoms with E-state index in [1.807, 2.05) is 0 Å². The molecule has 1 nitrogen and oxygen atoms in total. The van der Waals surface area contributed by atoms with Crippen molar-refractivity contribution in [3.05, 3.63) is 0 Å². The van der Waals surface area contributed by atoms with Gasteiger partial charge < -0.3 is 5.11 Å². The molecule has 0 rings (SSSR count). The zero-order valence-electron chi connectivity index (χ0n) is 10.9. The molecule has 0 aromatic carbocycles. The molecular weight excluding hydrogens is 196 g/mol. The summed E-state index contributed by atoms with van der Waals surface area (Å²) in [4.78, 5) is 0. The minimum Gasteiger partial charge on any atom is -0.396 e. The standard InChI is InChI=1S/C15H28O/c1-2-3-4-5-6-7-8-9-10-11-12-13-14-15-16/h16H,2-7,10-15H2,1H3. The van der Waals surface area contributed by atoms with Crippen LogP contribution in [0.15, 0.2) is 0 Å². The first-order valence-corrected chi connectivity index (χ1v) is 6.98. The van der Waals surface area contributed by atoms with Crippen molar-refractivity contribution in [3.63, 3.8) is 0 Å². The fourth-order valence-corrected chi connectivity index (χ4v) is 1.67. The van der Waals surface area contributed by atoms with Gasteiger partial charge in [-0.05, 0) is 19.3 Å². The Labute approximate surface area is 102 Å². The first-order chi connectivity index (χ1) is 7.91. The van der Waals surface area contributed by atoms with E-state index in [2.05, 4.69) is 18.8 Å². The van der Waals surface area contributed by atoms with Gasteiger partial charge in [-0.15, -0.1) is 11.8 Å². The molecule has 0 amide bonds. The molecule has 1 heteroatoms. The third kappa shape index (κ3) is 13.5. The van der Waals surface area contributed by atoms with Crippen molar-refractivity contribution in [2.24, 2.45) is 0 Å². The molecule has 0 saturated carbocycles. The number of aliphatic hydroxyl groups excluding tert-OH is 1. The third-order valence-electron chi connectivity index (χ3n) is 2.74. The Morgan fingerprint density at radius 3 is 1.69 bits per heavy atom. The van der Waals surface area contributed by atoms with E-state index in [0.29, 0.717) is 6.61 Å². The molecule has 0 atom stereocenters. The summed E-state index contributed by atoms with van der Waals surface area (Å²) in [5.74, 6) is 6.49. The highest BCUT2D eigenvalue weighted by molar-refractivity contribution is 4.98. The molecule has 0 aromatic heterocycles. The van der Waals surface area contributed by atoms with E-state index >= 15 is 0 Å². The fraction of sp³-hybridized carbons (Fsp3) is 0.867. The van der Waals surface area contributed by atoms with Gasteiger partial charge in [-0.25, -0.2) is 0 Å². The van der Waals surface area contributed by atoms with E-state index in [0.717, 1.165) is 25.7 Å². The second-order valence-electron chi connectivity index (χ2n) is 4.41. The van der Waals surface area contributed by atoms with Crippen molar-refractivity contribution in [1.29, 1.82) is 0 Å². The number of hydrogen-bond donors (Lipinski definition) is 1. The normalized spacial score (nSPS) is 9.88. The predicted molar refractivity (Wildman–Crippen MR) is 71.3 cm³/mol. The van der Waals surface area contributed by atoms with Gasteiger partial charge in [0.25, 0.3) is 0 Å². The lowest BCUT2D eigenvalue weighted by Crippen LogP contribution is -1.82. The second-order valence-corrected chi connectivity index (χ2v) is 4.41. The number of hydrogen-bond acceptors (Lipinski definition) is 1. The lowest BCUT2D eigenvalue weighted by Gasteiger charge is -1.95. The van der Waals surface area contributed by atoms with Crippen molar-refractivity contribution < 1.29 is 5.11 Å². The van der Waals surface area contributed by atoms with Crippen LogP contribution in [0.1, 0.15) is 77.6 Å². The SMILES string of the molecule is CCCCCCCC#CCCCCCCO. The van der Waals surface area contributed by atoms with Gasteiger partial charge in [-0.2, -0.15) is 0 Å². The summed E-state index contributed by atoms with van der Waals surface area (Å²) in [6.07, 6.45) is 13.3. The topological polar surface area (TPSA) is 20.2 Å². The number of rotatable bonds is 10. The molecule has 0 aliphatic carbocycles. The van der Waals surface area contributed by atoms with Crippen molar-refractivity contribution in [1.82, 2.24) is 0 Å². The van der Waals surface area contributed by atoms with Gasteiger partial charge in [0.2, 0.25) is 0 Å². The summed E-state index contributed by atoms with van der Waals surface area (Å²) in [5.41, 5.74) is 0. The first-order valence-electron chi connectivity index (χ1n) is 6.98. The van der Waals surface area contributed by atoms with Crippen LogP contribution in [0, 0.1) is 11.8 Å². The molecule has 1 N–H and O–H groups in total. The maximum Gasteiger partial charge on any atom is 0.0431 e. The van der Waals surface area contributed by atoms with Gasteiger partial charge in [-0.3, -0.25) is 0 Å². The average Bonchev–Trinajstić information content (AvgIpc) is 2.31. The summed E-state index contributed by atoms with van der Waals surface area (Å²) in [6, 6.07) is 0. The van der Waals surface area contributed by atoms with E-state index in [1.165, 1.54) is 44.9 Å². The quantitative estimate of drug-likeness (QED) is 0.433. The lowest BCUT2D eigenvalue weighted by molar-refractivity contribution is 0.282. The van der Waals surface area contributed by atoms with Gasteiger partial charge in [-0.1, -0.05) is 45.4 Å². The summed E-state index contributed by atoms with van der Waals surface area (Å²) in [7, 11) is 0. The Balaban J connectivity index is 3.04. The highest BCUT2D eigenvalue weighted by Gasteiger charge is 1.87. The van der Waals surface area contributed by atoms with E-state index in [9.17, 15) is 0 Å². The van der Waals surface area contributed by atoms with Crippen molar-refractivity contribution >= 4 is 0 Å². The van der Waals surface area contributed by atoms with Crippen molar-refractivity contribution in [2.45, 2.75) is 77.6 Å². The van der Waals surface area contributed by atoms with Gasteiger partial charge >= 0.3 is 0 Å². The molecule has 0 bridgehead atoms. The predicted octanol–water partition coefficient (Wildman–Crippen LogP) is 4.29. The summed E-state index contributed by atoms with van der Waals surface area (Å²) in [6.45, 7) is 2.58. The summed E-state index contributed by atoms with van der Waals surface area (Å²) >= 11 is 0. The van der Waals surface area contributed by atoms with Crippen LogP contribution in [0.3, 0.4) is 0 Å². The monoisotopic (exact) mass is 224 g/mol. The minimum atomic E-state index is 0.337. The maximum atomic E-state index is 8.60. The second kappa shape index (κ2) is 14.5. The van der Waals surface area contributed by atoms with Crippen LogP contribution >= 0.6 is 0 Å². The van der Waals surface area contributed by atoms with Gasteiger partial charge in [0.05, 0.1) is 0 Å². The molecule has 0 aliphatic rings.